The van der Waals surface area contributed by atoms with Gasteiger partial charge in [-0.2, -0.15) is 13.2 Å². The van der Waals surface area contributed by atoms with Gasteiger partial charge in [0.2, 0.25) is 0 Å². The Hall–Kier alpha value is -0.330. The molecule has 1 N–H and O–H groups in total. The van der Waals surface area contributed by atoms with Gasteiger partial charge in [-0.1, -0.05) is 0 Å². The van der Waals surface area contributed by atoms with Gasteiger partial charge in [-0.3, -0.25) is 0 Å². The lowest BCUT2D eigenvalue weighted by Crippen LogP contribution is -2.03. The molecule has 0 aliphatic heterocycles. The molecule has 1 aromatic rings. The topological polar surface area (TPSA) is 33.1 Å². The molecule has 0 radical (unpaired) electrons. The second kappa shape index (κ2) is 5.14. The van der Waals surface area contributed by atoms with Gasteiger partial charge in [0.05, 0.1) is 11.0 Å². The lowest BCUT2D eigenvalue weighted by Gasteiger charge is -2.05. The van der Waals surface area contributed by atoms with Gasteiger partial charge in [0, 0.05) is 12.1 Å². The van der Waals surface area contributed by atoms with Crippen LogP contribution in [0.15, 0.2) is 6.20 Å². The molecular weight excluding hydrogens is 251 g/mol. The Balaban J connectivity index is 2.67. The van der Waals surface area contributed by atoms with Gasteiger partial charge < -0.3 is 5.11 Å². The highest BCUT2D eigenvalue weighted by molar-refractivity contribution is 7.11. The van der Waals surface area contributed by atoms with Crippen molar-refractivity contribution in [3.8, 4) is 0 Å². The highest BCUT2D eigenvalue weighted by Gasteiger charge is 2.35. The second-order valence-corrected chi connectivity index (χ2v) is 4.35. The monoisotopic (exact) mass is 259 g/mol. The van der Waals surface area contributed by atoms with E-state index in [4.69, 9.17) is 11.6 Å². The fourth-order valence-corrected chi connectivity index (χ4v) is 1.94. The van der Waals surface area contributed by atoms with E-state index in [0.717, 1.165) is 6.20 Å². The molecule has 0 saturated heterocycles. The molecule has 2 nitrogen and oxygen atoms in total. The summed E-state index contributed by atoms with van der Waals surface area (Å²) in [5.74, 6) is 0.377. The first-order valence-corrected chi connectivity index (χ1v) is 5.57. The first-order chi connectivity index (χ1) is 6.95. The Morgan fingerprint density at radius 2 is 2.20 bits per heavy atom. The molecule has 86 valence electrons. The van der Waals surface area contributed by atoms with Crippen LogP contribution in [-0.4, -0.2) is 16.0 Å². The standard InChI is InChI=1S/C8H9ClF3NOS/c9-3-1-2-5(14)6-4-13-7(15-6)8(10,11)12/h4-5,14H,1-3H2. The zero-order valence-electron chi connectivity index (χ0n) is 7.59. The summed E-state index contributed by atoms with van der Waals surface area (Å²) < 4.78 is 36.5. The van der Waals surface area contributed by atoms with Gasteiger partial charge in [-0.15, -0.1) is 22.9 Å². The maximum Gasteiger partial charge on any atom is 0.443 e. The third-order valence-corrected chi connectivity index (χ3v) is 3.12. The molecule has 0 spiro atoms. The lowest BCUT2D eigenvalue weighted by molar-refractivity contribution is -0.137. The van der Waals surface area contributed by atoms with Crippen LogP contribution in [-0.2, 0) is 6.18 Å². The number of thiazole rings is 1. The van der Waals surface area contributed by atoms with Crippen LogP contribution >= 0.6 is 22.9 Å². The number of nitrogens with zero attached hydrogens (tertiary/aromatic N) is 1. The summed E-state index contributed by atoms with van der Waals surface area (Å²) in [5.41, 5.74) is 0. The second-order valence-electron chi connectivity index (χ2n) is 2.91. The predicted octanol–water partition coefficient (Wildman–Crippen LogP) is 3.21. The van der Waals surface area contributed by atoms with Gasteiger partial charge in [0.25, 0.3) is 0 Å². The molecule has 0 fully saturated rings. The van der Waals surface area contributed by atoms with E-state index in [9.17, 15) is 18.3 Å². The Morgan fingerprint density at radius 1 is 1.53 bits per heavy atom. The van der Waals surface area contributed by atoms with Crippen LogP contribution in [0, 0.1) is 0 Å². The van der Waals surface area contributed by atoms with E-state index >= 15 is 0 Å². The summed E-state index contributed by atoms with van der Waals surface area (Å²) in [4.78, 5) is 3.45. The lowest BCUT2D eigenvalue weighted by atomic mass is 10.2. The minimum absolute atomic E-state index is 0.229. The molecule has 0 aromatic carbocycles. The van der Waals surface area contributed by atoms with E-state index in [-0.39, 0.29) is 4.88 Å². The van der Waals surface area contributed by atoms with Gasteiger partial charge in [-0.05, 0) is 12.8 Å². The van der Waals surface area contributed by atoms with E-state index in [0.29, 0.717) is 30.1 Å². The van der Waals surface area contributed by atoms with Crippen LogP contribution in [0.25, 0.3) is 0 Å². The van der Waals surface area contributed by atoms with Gasteiger partial charge in [-0.25, -0.2) is 4.98 Å². The molecule has 1 rings (SSSR count). The van der Waals surface area contributed by atoms with Crippen molar-refractivity contribution in [1.29, 1.82) is 0 Å². The molecule has 0 aliphatic rings. The number of alkyl halides is 4. The summed E-state index contributed by atoms with van der Waals surface area (Å²) in [7, 11) is 0. The van der Waals surface area contributed by atoms with Crippen molar-refractivity contribution in [2.24, 2.45) is 0 Å². The molecule has 0 bridgehead atoms. The Labute approximate surface area is 93.7 Å². The number of hydrogen-bond acceptors (Lipinski definition) is 3. The highest BCUT2D eigenvalue weighted by Crippen LogP contribution is 2.35. The Bertz CT molecular complexity index is 315. The minimum atomic E-state index is -4.44. The summed E-state index contributed by atoms with van der Waals surface area (Å²) in [6, 6.07) is 0. The number of rotatable bonds is 4. The van der Waals surface area contributed by atoms with E-state index < -0.39 is 17.3 Å². The highest BCUT2D eigenvalue weighted by atomic mass is 35.5. The first-order valence-electron chi connectivity index (χ1n) is 4.22. The molecule has 7 heteroatoms. The van der Waals surface area contributed by atoms with Gasteiger partial charge in [0.15, 0.2) is 5.01 Å². The van der Waals surface area contributed by atoms with E-state index in [1.54, 1.807) is 0 Å². The number of aliphatic hydroxyl groups excluding tert-OH is 1. The zero-order valence-corrected chi connectivity index (χ0v) is 9.16. The number of hydrogen-bond donors (Lipinski definition) is 1. The number of aromatic nitrogens is 1. The maximum absolute atomic E-state index is 12.2. The third-order valence-electron chi connectivity index (χ3n) is 1.71. The van der Waals surface area contributed by atoms with E-state index in [1.807, 2.05) is 0 Å². The molecule has 1 heterocycles. The molecule has 1 aromatic heterocycles. The van der Waals surface area contributed by atoms with Crippen molar-refractivity contribution in [3.05, 3.63) is 16.1 Å². The van der Waals surface area contributed by atoms with Crippen LogP contribution < -0.4 is 0 Å². The summed E-state index contributed by atoms with van der Waals surface area (Å²) >= 11 is 5.88. The molecule has 0 amide bonds. The quantitative estimate of drug-likeness (QED) is 0.843. The smallest absolute Gasteiger partial charge is 0.388 e. The molecule has 0 saturated carbocycles. The first kappa shape index (κ1) is 12.7. The van der Waals surface area contributed by atoms with Crippen molar-refractivity contribution in [1.82, 2.24) is 4.98 Å². The number of aliphatic hydroxyl groups is 1. The largest absolute Gasteiger partial charge is 0.443 e. The average molecular weight is 260 g/mol. The molecule has 15 heavy (non-hydrogen) atoms. The van der Waals surface area contributed by atoms with Crippen molar-refractivity contribution in [3.63, 3.8) is 0 Å². The summed E-state index contributed by atoms with van der Waals surface area (Å²) in [6.45, 7) is 0. The van der Waals surface area contributed by atoms with Crippen molar-refractivity contribution >= 4 is 22.9 Å². The van der Waals surface area contributed by atoms with Crippen LogP contribution in [0.1, 0.15) is 28.8 Å². The van der Waals surface area contributed by atoms with Crippen molar-refractivity contribution < 1.29 is 18.3 Å². The zero-order chi connectivity index (χ0) is 11.5. The van der Waals surface area contributed by atoms with Gasteiger partial charge in [0.1, 0.15) is 0 Å². The van der Waals surface area contributed by atoms with E-state index in [1.165, 1.54) is 0 Å². The SMILES string of the molecule is OC(CCCCl)c1cnc(C(F)(F)F)s1. The molecule has 1 unspecified atom stereocenters. The predicted molar refractivity (Wildman–Crippen MR) is 52.0 cm³/mol. The molecule has 1 atom stereocenters. The minimum Gasteiger partial charge on any atom is -0.388 e. The molecular formula is C8H9ClF3NOS. The van der Waals surface area contributed by atoms with Crippen LogP contribution in [0.2, 0.25) is 0 Å². The Morgan fingerprint density at radius 3 is 2.67 bits per heavy atom. The average Bonchev–Trinajstić information content (AvgIpc) is 2.62. The fraction of sp³-hybridized carbons (Fsp3) is 0.625. The van der Waals surface area contributed by atoms with Crippen LogP contribution in [0.4, 0.5) is 13.2 Å². The third kappa shape index (κ3) is 3.62. The van der Waals surface area contributed by atoms with Crippen molar-refractivity contribution in [2.75, 3.05) is 5.88 Å². The summed E-state index contributed by atoms with van der Waals surface area (Å²) in [5, 5.41) is 8.55. The Kier molecular flexibility index (Phi) is 4.36. The van der Waals surface area contributed by atoms with E-state index in [2.05, 4.69) is 4.98 Å². The summed E-state index contributed by atoms with van der Waals surface area (Å²) in [6.07, 6.45) is -3.37. The number of halogens is 4. The van der Waals surface area contributed by atoms with Crippen molar-refractivity contribution in [2.45, 2.75) is 25.1 Å². The fourth-order valence-electron chi connectivity index (χ4n) is 0.984. The van der Waals surface area contributed by atoms with Crippen LogP contribution in [0.5, 0.6) is 0 Å². The maximum atomic E-state index is 12.2. The van der Waals surface area contributed by atoms with Gasteiger partial charge >= 0.3 is 6.18 Å². The molecule has 0 aliphatic carbocycles. The normalized spacial score (nSPS) is 14.2. The van der Waals surface area contributed by atoms with Crippen LogP contribution in [0.3, 0.4) is 0 Å².